The molecule has 2 aromatic heterocycles. The van der Waals surface area contributed by atoms with Gasteiger partial charge in [0.1, 0.15) is 6.54 Å². The molecule has 1 aromatic carbocycles. The van der Waals surface area contributed by atoms with Gasteiger partial charge in [0.15, 0.2) is 11.7 Å². The Balaban J connectivity index is 1.52. The van der Waals surface area contributed by atoms with Crippen molar-refractivity contribution in [3.05, 3.63) is 65.8 Å². The fourth-order valence-electron chi connectivity index (χ4n) is 2.71. The molecule has 28 heavy (non-hydrogen) atoms. The molecule has 2 N–H and O–H groups in total. The number of guanidine groups is 1. The van der Waals surface area contributed by atoms with Crippen molar-refractivity contribution in [2.75, 3.05) is 13.1 Å². The average Bonchev–Trinajstić information content (AvgIpc) is 3.37. The van der Waals surface area contributed by atoms with Crippen LogP contribution in [0.25, 0.3) is 5.69 Å². The lowest BCUT2D eigenvalue weighted by Gasteiger charge is -2.10. The minimum Gasteiger partial charge on any atom is -0.359 e. The standard InChI is InChI=1S/C21H28N6O/c1-4-22-21(24-14-19-12-20(16(2)3)26-28-19)23-11-10-17-13-25-27(15-17)18-8-6-5-7-9-18/h5-9,12-13,15-16H,4,10-11,14H2,1-3H3,(H2,22,23,24). The summed E-state index contributed by atoms with van der Waals surface area (Å²) in [5.74, 6) is 1.88. The van der Waals surface area contributed by atoms with Gasteiger partial charge in [-0.15, -0.1) is 0 Å². The van der Waals surface area contributed by atoms with Gasteiger partial charge in [0, 0.05) is 25.4 Å². The van der Waals surface area contributed by atoms with E-state index in [4.69, 9.17) is 4.52 Å². The highest BCUT2D eigenvalue weighted by Gasteiger charge is 2.07. The van der Waals surface area contributed by atoms with Gasteiger partial charge >= 0.3 is 0 Å². The van der Waals surface area contributed by atoms with Gasteiger partial charge in [-0.2, -0.15) is 5.10 Å². The molecule has 0 saturated heterocycles. The molecule has 2 heterocycles. The fourth-order valence-corrected chi connectivity index (χ4v) is 2.71. The minimum absolute atomic E-state index is 0.352. The number of nitrogens with zero attached hydrogens (tertiary/aromatic N) is 4. The highest BCUT2D eigenvalue weighted by molar-refractivity contribution is 5.79. The molecule has 0 aliphatic rings. The topological polar surface area (TPSA) is 80.3 Å². The maximum atomic E-state index is 5.35. The highest BCUT2D eigenvalue weighted by Crippen LogP contribution is 2.14. The number of nitrogens with one attached hydrogen (secondary N) is 2. The molecule has 0 atom stereocenters. The number of rotatable bonds is 8. The third-order valence-electron chi connectivity index (χ3n) is 4.27. The van der Waals surface area contributed by atoms with E-state index in [1.807, 2.05) is 54.2 Å². The number of benzene rings is 1. The summed E-state index contributed by atoms with van der Waals surface area (Å²) in [5, 5.41) is 15.1. The Morgan fingerprint density at radius 3 is 2.75 bits per heavy atom. The summed E-state index contributed by atoms with van der Waals surface area (Å²) in [5.41, 5.74) is 3.19. The molecule has 0 aliphatic carbocycles. The van der Waals surface area contributed by atoms with Gasteiger partial charge < -0.3 is 15.2 Å². The van der Waals surface area contributed by atoms with Gasteiger partial charge in [-0.1, -0.05) is 37.2 Å². The van der Waals surface area contributed by atoms with Crippen molar-refractivity contribution in [3.8, 4) is 5.69 Å². The minimum atomic E-state index is 0.352. The third kappa shape index (κ3) is 5.45. The molecule has 0 spiro atoms. The summed E-state index contributed by atoms with van der Waals surface area (Å²) in [6.45, 7) is 8.26. The molecule has 3 aromatic rings. The van der Waals surface area contributed by atoms with Crippen molar-refractivity contribution in [3.63, 3.8) is 0 Å². The summed E-state index contributed by atoms with van der Waals surface area (Å²) in [6.07, 6.45) is 4.82. The van der Waals surface area contributed by atoms with Crippen LogP contribution >= 0.6 is 0 Å². The van der Waals surface area contributed by atoms with Crippen LogP contribution in [-0.2, 0) is 13.0 Å². The predicted octanol–water partition coefficient (Wildman–Crippen LogP) is 3.28. The second kappa shape index (κ2) is 9.73. The molecule has 0 aliphatic heterocycles. The Labute approximate surface area is 165 Å². The molecule has 0 radical (unpaired) electrons. The van der Waals surface area contributed by atoms with Gasteiger partial charge in [0.25, 0.3) is 0 Å². The highest BCUT2D eigenvalue weighted by atomic mass is 16.5. The second-order valence-corrected chi connectivity index (χ2v) is 6.87. The Bertz CT molecular complexity index is 881. The Morgan fingerprint density at radius 1 is 1.21 bits per heavy atom. The fraction of sp³-hybridized carbons (Fsp3) is 0.381. The van der Waals surface area contributed by atoms with E-state index in [2.05, 4.69) is 45.9 Å². The SMILES string of the molecule is CCNC(=NCc1cc(C(C)C)no1)NCCc1cnn(-c2ccccc2)c1. The zero-order valence-corrected chi connectivity index (χ0v) is 16.7. The van der Waals surface area contributed by atoms with Crippen LogP contribution in [0.2, 0.25) is 0 Å². The number of hydrogen-bond acceptors (Lipinski definition) is 4. The smallest absolute Gasteiger partial charge is 0.191 e. The van der Waals surface area contributed by atoms with E-state index >= 15 is 0 Å². The van der Waals surface area contributed by atoms with Crippen LogP contribution in [-0.4, -0.2) is 34.0 Å². The third-order valence-corrected chi connectivity index (χ3v) is 4.27. The zero-order chi connectivity index (χ0) is 19.8. The summed E-state index contributed by atoms with van der Waals surface area (Å²) in [6, 6.07) is 12.1. The molecule has 7 heteroatoms. The van der Waals surface area contributed by atoms with E-state index in [-0.39, 0.29) is 0 Å². The number of hydrogen-bond donors (Lipinski definition) is 2. The average molecular weight is 380 g/mol. The van der Waals surface area contributed by atoms with Crippen molar-refractivity contribution < 1.29 is 4.52 Å². The predicted molar refractivity (Wildman–Crippen MR) is 111 cm³/mol. The van der Waals surface area contributed by atoms with Gasteiger partial charge in [0.2, 0.25) is 0 Å². The lowest BCUT2D eigenvalue weighted by molar-refractivity contribution is 0.376. The molecule has 0 bridgehead atoms. The van der Waals surface area contributed by atoms with E-state index < -0.39 is 0 Å². The van der Waals surface area contributed by atoms with Crippen molar-refractivity contribution in [1.29, 1.82) is 0 Å². The lowest BCUT2D eigenvalue weighted by atomic mass is 10.1. The van der Waals surface area contributed by atoms with Gasteiger partial charge in [-0.25, -0.2) is 9.67 Å². The molecule has 7 nitrogen and oxygen atoms in total. The van der Waals surface area contributed by atoms with Crippen molar-refractivity contribution in [2.45, 2.75) is 39.7 Å². The van der Waals surface area contributed by atoms with E-state index in [9.17, 15) is 0 Å². The van der Waals surface area contributed by atoms with E-state index in [1.54, 1.807) is 0 Å². The maximum absolute atomic E-state index is 5.35. The van der Waals surface area contributed by atoms with Crippen LogP contribution in [0, 0.1) is 0 Å². The summed E-state index contributed by atoms with van der Waals surface area (Å²) >= 11 is 0. The van der Waals surface area contributed by atoms with Gasteiger partial charge in [0.05, 0.1) is 17.6 Å². The van der Waals surface area contributed by atoms with Gasteiger partial charge in [-0.05, 0) is 37.0 Å². The Morgan fingerprint density at radius 2 is 2.04 bits per heavy atom. The normalized spacial score (nSPS) is 11.8. The van der Waals surface area contributed by atoms with Gasteiger partial charge in [-0.3, -0.25) is 0 Å². The van der Waals surface area contributed by atoms with E-state index in [1.165, 1.54) is 5.56 Å². The Hall–Kier alpha value is -3.09. The van der Waals surface area contributed by atoms with Crippen molar-refractivity contribution in [1.82, 2.24) is 25.6 Å². The number of para-hydroxylation sites is 1. The summed E-state index contributed by atoms with van der Waals surface area (Å²) < 4.78 is 7.24. The summed E-state index contributed by atoms with van der Waals surface area (Å²) in [7, 11) is 0. The maximum Gasteiger partial charge on any atom is 0.191 e. The quantitative estimate of drug-likeness (QED) is 0.463. The zero-order valence-electron chi connectivity index (χ0n) is 16.7. The van der Waals surface area contributed by atoms with Crippen LogP contribution in [0.15, 0.2) is 58.3 Å². The molecule has 0 unspecified atom stereocenters. The molecule has 3 rings (SSSR count). The summed E-state index contributed by atoms with van der Waals surface area (Å²) in [4.78, 5) is 4.58. The molecule has 148 valence electrons. The first-order valence-corrected chi connectivity index (χ1v) is 9.72. The molecular formula is C21H28N6O. The number of aromatic nitrogens is 3. The lowest BCUT2D eigenvalue weighted by Crippen LogP contribution is -2.38. The van der Waals surface area contributed by atoms with E-state index in [0.717, 1.165) is 42.6 Å². The first kappa shape index (κ1) is 19.7. The molecule has 0 amide bonds. The van der Waals surface area contributed by atoms with Crippen LogP contribution in [0.1, 0.15) is 43.7 Å². The van der Waals surface area contributed by atoms with Crippen LogP contribution in [0.5, 0.6) is 0 Å². The van der Waals surface area contributed by atoms with E-state index in [0.29, 0.717) is 12.5 Å². The first-order valence-electron chi connectivity index (χ1n) is 9.72. The van der Waals surface area contributed by atoms with Crippen molar-refractivity contribution >= 4 is 5.96 Å². The Kier molecular flexibility index (Phi) is 6.84. The monoisotopic (exact) mass is 380 g/mol. The number of aliphatic imine (C=N–C) groups is 1. The van der Waals surface area contributed by atoms with Crippen LogP contribution in [0.3, 0.4) is 0 Å². The first-order chi connectivity index (χ1) is 13.7. The molecule has 0 fully saturated rings. The molecule has 0 saturated carbocycles. The second-order valence-electron chi connectivity index (χ2n) is 6.87. The van der Waals surface area contributed by atoms with Crippen molar-refractivity contribution in [2.24, 2.45) is 4.99 Å². The largest absolute Gasteiger partial charge is 0.359 e. The van der Waals surface area contributed by atoms with Crippen LogP contribution < -0.4 is 10.6 Å². The van der Waals surface area contributed by atoms with Crippen LogP contribution in [0.4, 0.5) is 0 Å². The molecular weight excluding hydrogens is 352 g/mol.